The van der Waals surface area contributed by atoms with Crippen LogP contribution in [0, 0.1) is 11.3 Å². The van der Waals surface area contributed by atoms with E-state index in [1.54, 1.807) is 57.4 Å². The summed E-state index contributed by atoms with van der Waals surface area (Å²) in [6.45, 7) is 3.92. The van der Waals surface area contributed by atoms with Crippen LogP contribution < -0.4 is 18.9 Å². The zero-order valence-electron chi connectivity index (χ0n) is 18.9. The number of methoxy groups -OCH3 is 2. The summed E-state index contributed by atoms with van der Waals surface area (Å²) in [5.41, 5.74) is 1.09. The molecule has 0 bridgehead atoms. The van der Waals surface area contributed by atoms with Crippen LogP contribution >= 0.6 is 0 Å². The summed E-state index contributed by atoms with van der Waals surface area (Å²) in [6, 6.07) is 11.7. The monoisotopic (exact) mass is 451 g/mol. The third kappa shape index (κ3) is 7.14. The van der Waals surface area contributed by atoms with E-state index < -0.39 is 11.9 Å². The van der Waals surface area contributed by atoms with E-state index in [4.69, 9.17) is 23.7 Å². The van der Waals surface area contributed by atoms with E-state index in [1.165, 1.54) is 25.3 Å². The lowest BCUT2D eigenvalue weighted by Gasteiger charge is -2.11. The van der Waals surface area contributed by atoms with E-state index in [-0.39, 0.29) is 17.9 Å². The number of nitrogens with zero attached hydrogens (tertiary/aromatic N) is 1. The van der Waals surface area contributed by atoms with Crippen molar-refractivity contribution < 1.29 is 33.3 Å². The first-order chi connectivity index (χ1) is 15.9. The first-order valence-corrected chi connectivity index (χ1v) is 10.1. The number of carbonyl (C=O) groups is 2. The van der Waals surface area contributed by atoms with Crippen LogP contribution in [0.15, 0.2) is 48.0 Å². The summed E-state index contributed by atoms with van der Waals surface area (Å²) >= 11 is 0. The van der Waals surface area contributed by atoms with Crippen molar-refractivity contribution in [2.45, 2.75) is 13.8 Å². The number of carbonyl (C=O) groups excluding carboxylic acids is 2. The van der Waals surface area contributed by atoms with Gasteiger partial charge in [0.25, 0.3) is 0 Å². The highest BCUT2D eigenvalue weighted by atomic mass is 16.6. The molecule has 0 aliphatic carbocycles. The highest BCUT2D eigenvalue weighted by Crippen LogP contribution is 2.30. The summed E-state index contributed by atoms with van der Waals surface area (Å²) in [7, 11) is 3.07. The van der Waals surface area contributed by atoms with Gasteiger partial charge in [0.2, 0.25) is 0 Å². The van der Waals surface area contributed by atoms with Crippen LogP contribution in [0.5, 0.6) is 23.0 Å². The van der Waals surface area contributed by atoms with Crippen molar-refractivity contribution in [3.05, 3.63) is 59.2 Å². The van der Waals surface area contributed by atoms with Gasteiger partial charge in [0.1, 0.15) is 11.6 Å². The van der Waals surface area contributed by atoms with Crippen LogP contribution in [-0.2, 0) is 14.3 Å². The fraction of sp³-hybridized carbons (Fsp3) is 0.240. The van der Waals surface area contributed by atoms with E-state index in [0.29, 0.717) is 29.4 Å². The lowest BCUT2D eigenvalue weighted by atomic mass is 10.1. The molecule has 172 valence electrons. The third-order valence-electron chi connectivity index (χ3n) is 4.22. The highest BCUT2D eigenvalue weighted by Gasteiger charge is 2.13. The number of esters is 2. The maximum atomic E-state index is 12.4. The smallest absolute Gasteiger partial charge is 0.348 e. The second kappa shape index (κ2) is 12.6. The average Bonchev–Trinajstić information content (AvgIpc) is 2.82. The lowest BCUT2D eigenvalue weighted by Crippen LogP contribution is -2.07. The SMILES string of the molecule is CCOC(=O)C(C#N)=Cc1ccc(OC(=O)C=Cc2ccc(OC)c(OC)c2)c(OCC)c1. The molecule has 8 nitrogen and oxygen atoms in total. The molecule has 0 saturated heterocycles. The van der Waals surface area contributed by atoms with E-state index in [2.05, 4.69) is 0 Å². The van der Waals surface area contributed by atoms with E-state index in [1.807, 2.05) is 6.07 Å². The van der Waals surface area contributed by atoms with Crippen LogP contribution in [-0.4, -0.2) is 39.4 Å². The number of hydrogen-bond donors (Lipinski definition) is 0. The Morgan fingerprint density at radius 2 is 1.58 bits per heavy atom. The van der Waals surface area contributed by atoms with E-state index in [0.717, 1.165) is 5.56 Å². The largest absolute Gasteiger partial charge is 0.493 e. The predicted octanol–water partition coefficient (Wildman–Crippen LogP) is 4.19. The zero-order valence-corrected chi connectivity index (χ0v) is 18.9. The number of benzene rings is 2. The first kappa shape index (κ1) is 25.0. The molecular formula is C25H25NO7. The Morgan fingerprint density at radius 3 is 2.21 bits per heavy atom. The van der Waals surface area contributed by atoms with Gasteiger partial charge in [-0.3, -0.25) is 0 Å². The average molecular weight is 451 g/mol. The van der Waals surface area contributed by atoms with Crippen LogP contribution in [0.4, 0.5) is 0 Å². The van der Waals surface area contributed by atoms with Crippen molar-refractivity contribution >= 4 is 24.1 Å². The number of nitriles is 1. The predicted molar refractivity (Wildman–Crippen MR) is 122 cm³/mol. The van der Waals surface area contributed by atoms with Gasteiger partial charge in [-0.05, 0) is 61.4 Å². The summed E-state index contributed by atoms with van der Waals surface area (Å²) in [6.07, 6.45) is 4.24. The van der Waals surface area contributed by atoms with E-state index in [9.17, 15) is 14.9 Å². The quantitative estimate of drug-likeness (QED) is 0.229. The minimum Gasteiger partial charge on any atom is -0.493 e. The molecule has 0 fully saturated rings. The van der Waals surface area contributed by atoms with Crippen molar-refractivity contribution in [3.63, 3.8) is 0 Å². The van der Waals surface area contributed by atoms with Gasteiger partial charge in [-0.1, -0.05) is 12.1 Å². The second-order valence-electron chi connectivity index (χ2n) is 6.40. The third-order valence-corrected chi connectivity index (χ3v) is 4.22. The summed E-state index contributed by atoms with van der Waals surface area (Å²) in [5, 5.41) is 9.20. The molecule has 0 amide bonds. The van der Waals surface area contributed by atoms with Gasteiger partial charge in [0.05, 0.1) is 27.4 Å². The standard InChI is InChI=1S/C25H25NO7/c1-5-31-23-15-18(13-19(16-26)25(28)32-6-2)8-11-21(23)33-24(27)12-9-17-7-10-20(29-3)22(14-17)30-4/h7-15H,5-6H2,1-4H3. The minimum atomic E-state index is -0.714. The fourth-order valence-corrected chi connectivity index (χ4v) is 2.74. The van der Waals surface area contributed by atoms with Crippen molar-refractivity contribution in [2.24, 2.45) is 0 Å². The lowest BCUT2D eigenvalue weighted by molar-refractivity contribution is -0.138. The van der Waals surface area contributed by atoms with Crippen LogP contribution in [0.25, 0.3) is 12.2 Å². The van der Waals surface area contributed by atoms with Gasteiger partial charge in [-0.15, -0.1) is 0 Å². The molecule has 0 aromatic heterocycles. The molecule has 8 heteroatoms. The number of hydrogen-bond acceptors (Lipinski definition) is 8. The fourth-order valence-electron chi connectivity index (χ4n) is 2.74. The molecule has 0 unspecified atom stereocenters. The Labute approximate surface area is 192 Å². The summed E-state index contributed by atoms with van der Waals surface area (Å²) < 4.78 is 26.3. The maximum absolute atomic E-state index is 12.4. The summed E-state index contributed by atoms with van der Waals surface area (Å²) in [4.78, 5) is 24.2. The normalized spacial score (nSPS) is 10.9. The van der Waals surface area contributed by atoms with Gasteiger partial charge in [0, 0.05) is 6.08 Å². The zero-order chi connectivity index (χ0) is 24.2. The molecule has 2 rings (SSSR count). The van der Waals surface area contributed by atoms with Crippen molar-refractivity contribution in [1.29, 1.82) is 5.26 Å². The van der Waals surface area contributed by atoms with Crippen LogP contribution in [0.3, 0.4) is 0 Å². The Bertz CT molecular complexity index is 1100. The van der Waals surface area contributed by atoms with Crippen molar-refractivity contribution in [2.75, 3.05) is 27.4 Å². The topological polar surface area (TPSA) is 104 Å². The Kier molecular flexibility index (Phi) is 9.53. The molecule has 0 saturated carbocycles. The molecule has 33 heavy (non-hydrogen) atoms. The Hall–Kier alpha value is -4.25. The molecule has 0 atom stereocenters. The number of rotatable bonds is 10. The van der Waals surface area contributed by atoms with Gasteiger partial charge in [-0.2, -0.15) is 5.26 Å². The van der Waals surface area contributed by atoms with E-state index >= 15 is 0 Å². The molecule has 0 N–H and O–H groups in total. The maximum Gasteiger partial charge on any atom is 0.348 e. The summed E-state index contributed by atoms with van der Waals surface area (Å²) in [5.74, 6) is 0.281. The number of ether oxygens (including phenoxy) is 5. The first-order valence-electron chi connectivity index (χ1n) is 10.1. The van der Waals surface area contributed by atoms with Crippen LogP contribution in [0.1, 0.15) is 25.0 Å². The van der Waals surface area contributed by atoms with Gasteiger partial charge in [-0.25, -0.2) is 9.59 Å². The van der Waals surface area contributed by atoms with Crippen molar-refractivity contribution in [1.82, 2.24) is 0 Å². The van der Waals surface area contributed by atoms with Gasteiger partial charge in [0.15, 0.2) is 23.0 Å². The van der Waals surface area contributed by atoms with Gasteiger partial charge >= 0.3 is 11.9 Å². The molecule has 0 heterocycles. The Balaban J connectivity index is 2.21. The Morgan fingerprint density at radius 1 is 0.909 bits per heavy atom. The molecule has 0 aliphatic heterocycles. The molecule has 0 aliphatic rings. The molecule has 2 aromatic rings. The van der Waals surface area contributed by atoms with Gasteiger partial charge < -0.3 is 23.7 Å². The minimum absolute atomic E-state index is 0.151. The molecule has 0 radical (unpaired) electrons. The molecule has 0 spiro atoms. The van der Waals surface area contributed by atoms with Crippen LogP contribution in [0.2, 0.25) is 0 Å². The molecule has 2 aromatic carbocycles. The van der Waals surface area contributed by atoms with Crippen molar-refractivity contribution in [3.8, 4) is 29.1 Å². The molecular weight excluding hydrogens is 426 g/mol. The second-order valence-corrected chi connectivity index (χ2v) is 6.40. The highest BCUT2D eigenvalue weighted by molar-refractivity contribution is 5.98.